The van der Waals surface area contributed by atoms with Gasteiger partial charge in [-0.15, -0.1) is 0 Å². The highest BCUT2D eigenvalue weighted by Crippen LogP contribution is 2.19. The molecule has 138 valence electrons. The molecule has 25 heavy (non-hydrogen) atoms. The molecule has 2 fully saturated rings. The first-order valence-electron chi connectivity index (χ1n) is 9.39. The van der Waals surface area contributed by atoms with Crippen molar-refractivity contribution in [2.45, 2.75) is 38.6 Å². The molecular formula is C19H30N4O2. The molecule has 2 aliphatic heterocycles. The predicted molar refractivity (Wildman–Crippen MR) is 97.5 cm³/mol. The van der Waals surface area contributed by atoms with Crippen LogP contribution < -0.4 is 0 Å². The SMILES string of the molecule is Cc1c(C(=O)N2CCCN(C(=O)C3CCCCN3C)CC2)ccn1C. The van der Waals surface area contributed by atoms with Gasteiger partial charge in [0.25, 0.3) is 5.91 Å². The lowest BCUT2D eigenvalue weighted by atomic mass is 10.0. The van der Waals surface area contributed by atoms with Gasteiger partial charge >= 0.3 is 0 Å². The maximum Gasteiger partial charge on any atom is 0.255 e. The zero-order chi connectivity index (χ0) is 18.0. The highest BCUT2D eigenvalue weighted by Gasteiger charge is 2.31. The summed E-state index contributed by atoms with van der Waals surface area (Å²) < 4.78 is 1.97. The number of carbonyl (C=O) groups is 2. The summed E-state index contributed by atoms with van der Waals surface area (Å²) in [5.74, 6) is 0.328. The molecule has 3 heterocycles. The van der Waals surface area contributed by atoms with Crippen molar-refractivity contribution in [3.8, 4) is 0 Å². The number of rotatable bonds is 2. The lowest BCUT2D eigenvalue weighted by molar-refractivity contribution is -0.137. The minimum absolute atomic E-state index is 0.0207. The lowest BCUT2D eigenvalue weighted by Crippen LogP contribution is -2.50. The fraction of sp³-hybridized carbons (Fsp3) is 0.684. The highest BCUT2D eigenvalue weighted by molar-refractivity contribution is 5.95. The molecule has 1 aromatic rings. The van der Waals surface area contributed by atoms with Gasteiger partial charge in [0.15, 0.2) is 0 Å². The lowest BCUT2D eigenvalue weighted by Gasteiger charge is -2.35. The van der Waals surface area contributed by atoms with Crippen molar-refractivity contribution in [2.75, 3.05) is 39.8 Å². The zero-order valence-corrected chi connectivity index (χ0v) is 15.7. The first-order chi connectivity index (χ1) is 12.0. The van der Waals surface area contributed by atoms with Crippen LogP contribution in [0.1, 0.15) is 41.7 Å². The fourth-order valence-electron chi connectivity index (χ4n) is 3.94. The van der Waals surface area contributed by atoms with E-state index in [0.29, 0.717) is 13.1 Å². The van der Waals surface area contributed by atoms with E-state index >= 15 is 0 Å². The van der Waals surface area contributed by atoms with Crippen molar-refractivity contribution in [3.05, 3.63) is 23.5 Å². The van der Waals surface area contributed by atoms with Gasteiger partial charge < -0.3 is 14.4 Å². The molecule has 0 saturated carbocycles. The number of hydrogen-bond donors (Lipinski definition) is 0. The van der Waals surface area contributed by atoms with E-state index in [-0.39, 0.29) is 17.9 Å². The van der Waals surface area contributed by atoms with Crippen molar-refractivity contribution in [1.82, 2.24) is 19.3 Å². The molecule has 1 atom stereocenters. The molecule has 0 radical (unpaired) electrons. The number of amides is 2. The summed E-state index contributed by atoms with van der Waals surface area (Å²) in [5.41, 5.74) is 1.76. The number of nitrogens with zero attached hydrogens (tertiary/aromatic N) is 4. The average Bonchev–Trinajstić information content (AvgIpc) is 2.81. The Balaban J connectivity index is 1.63. The van der Waals surface area contributed by atoms with Gasteiger partial charge in [0.2, 0.25) is 5.91 Å². The van der Waals surface area contributed by atoms with Gasteiger partial charge in [0.05, 0.1) is 11.6 Å². The molecule has 2 amide bonds. The van der Waals surface area contributed by atoms with Crippen LogP contribution in [0.15, 0.2) is 12.3 Å². The second-order valence-electron chi connectivity index (χ2n) is 7.39. The number of aromatic nitrogens is 1. The molecule has 2 aliphatic rings. The minimum Gasteiger partial charge on any atom is -0.354 e. The Morgan fingerprint density at radius 1 is 0.960 bits per heavy atom. The van der Waals surface area contributed by atoms with Crippen molar-refractivity contribution in [3.63, 3.8) is 0 Å². The normalized spacial score (nSPS) is 22.8. The molecule has 0 N–H and O–H groups in total. The van der Waals surface area contributed by atoms with E-state index in [1.54, 1.807) is 0 Å². The van der Waals surface area contributed by atoms with Gasteiger partial charge in [-0.3, -0.25) is 14.5 Å². The summed E-state index contributed by atoms with van der Waals surface area (Å²) in [6, 6.07) is 1.91. The Morgan fingerprint density at radius 3 is 2.36 bits per heavy atom. The Hall–Kier alpha value is -1.82. The monoisotopic (exact) mass is 346 g/mol. The zero-order valence-electron chi connectivity index (χ0n) is 15.7. The van der Waals surface area contributed by atoms with Crippen LogP contribution in [0.25, 0.3) is 0 Å². The van der Waals surface area contributed by atoms with E-state index in [0.717, 1.165) is 50.2 Å². The molecule has 0 bridgehead atoms. The number of likely N-dealkylation sites (tertiary alicyclic amines) is 1. The van der Waals surface area contributed by atoms with Gasteiger partial charge in [0.1, 0.15) is 0 Å². The van der Waals surface area contributed by atoms with Crippen LogP contribution in [0.4, 0.5) is 0 Å². The third-order valence-electron chi connectivity index (χ3n) is 5.76. The van der Waals surface area contributed by atoms with Crippen molar-refractivity contribution in [2.24, 2.45) is 7.05 Å². The Kier molecular flexibility index (Phi) is 5.47. The van der Waals surface area contributed by atoms with Crippen molar-refractivity contribution in [1.29, 1.82) is 0 Å². The molecule has 1 aromatic heterocycles. The largest absolute Gasteiger partial charge is 0.354 e. The minimum atomic E-state index is 0.0207. The Labute approximate surface area is 150 Å². The quantitative estimate of drug-likeness (QED) is 0.815. The topological polar surface area (TPSA) is 48.8 Å². The summed E-state index contributed by atoms with van der Waals surface area (Å²) >= 11 is 0. The second kappa shape index (κ2) is 7.60. The van der Waals surface area contributed by atoms with Gasteiger partial charge in [-0.25, -0.2) is 0 Å². The van der Waals surface area contributed by atoms with Crippen LogP contribution >= 0.6 is 0 Å². The van der Waals surface area contributed by atoms with Crippen LogP contribution in [0, 0.1) is 6.92 Å². The summed E-state index contributed by atoms with van der Waals surface area (Å²) in [6.07, 6.45) is 6.04. The number of hydrogen-bond acceptors (Lipinski definition) is 3. The summed E-state index contributed by atoms with van der Waals surface area (Å²) in [6.45, 7) is 5.70. The van der Waals surface area contributed by atoms with Gasteiger partial charge in [0, 0.05) is 45.1 Å². The molecule has 0 aliphatic carbocycles. The Morgan fingerprint density at radius 2 is 1.68 bits per heavy atom. The molecule has 0 spiro atoms. The third-order valence-corrected chi connectivity index (χ3v) is 5.76. The van der Waals surface area contributed by atoms with Crippen LogP contribution in [0.3, 0.4) is 0 Å². The fourth-order valence-corrected chi connectivity index (χ4v) is 3.94. The molecule has 6 heteroatoms. The standard InChI is InChI=1S/C19H30N4O2/c1-15-16(8-12-20(15)2)18(24)22-10-6-11-23(14-13-22)19(25)17-7-4-5-9-21(17)3/h8,12,17H,4-7,9-11,13-14H2,1-3H3. The van der Waals surface area contributed by atoms with E-state index < -0.39 is 0 Å². The number of aryl methyl sites for hydroxylation is 1. The van der Waals surface area contributed by atoms with Crippen LogP contribution in [-0.2, 0) is 11.8 Å². The summed E-state index contributed by atoms with van der Waals surface area (Å²) in [7, 11) is 4.00. The first kappa shape index (κ1) is 18.0. The summed E-state index contributed by atoms with van der Waals surface area (Å²) in [5, 5.41) is 0. The summed E-state index contributed by atoms with van der Waals surface area (Å²) in [4.78, 5) is 31.8. The van der Waals surface area contributed by atoms with Gasteiger partial charge in [-0.05, 0) is 45.8 Å². The van der Waals surface area contributed by atoms with E-state index in [1.165, 1.54) is 6.42 Å². The van der Waals surface area contributed by atoms with Gasteiger partial charge in [-0.2, -0.15) is 0 Å². The predicted octanol–water partition coefficient (Wildman–Crippen LogP) is 1.49. The van der Waals surface area contributed by atoms with E-state index in [4.69, 9.17) is 0 Å². The second-order valence-corrected chi connectivity index (χ2v) is 7.39. The van der Waals surface area contributed by atoms with Crippen molar-refractivity contribution >= 4 is 11.8 Å². The third kappa shape index (κ3) is 3.73. The number of likely N-dealkylation sites (N-methyl/N-ethyl adjacent to an activating group) is 1. The maximum absolute atomic E-state index is 12.9. The van der Waals surface area contributed by atoms with E-state index in [1.807, 2.05) is 47.6 Å². The van der Waals surface area contributed by atoms with E-state index in [2.05, 4.69) is 4.90 Å². The smallest absolute Gasteiger partial charge is 0.255 e. The van der Waals surface area contributed by atoms with E-state index in [9.17, 15) is 9.59 Å². The van der Waals surface area contributed by atoms with Crippen LogP contribution in [-0.4, -0.2) is 76.9 Å². The Bertz CT molecular complexity index is 639. The number of piperidine rings is 1. The first-order valence-corrected chi connectivity index (χ1v) is 9.39. The molecule has 2 saturated heterocycles. The maximum atomic E-state index is 12.9. The molecule has 6 nitrogen and oxygen atoms in total. The highest BCUT2D eigenvalue weighted by atomic mass is 16.2. The van der Waals surface area contributed by atoms with Crippen LogP contribution in [0.5, 0.6) is 0 Å². The molecular weight excluding hydrogens is 316 g/mol. The van der Waals surface area contributed by atoms with Crippen molar-refractivity contribution < 1.29 is 9.59 Å². The molecule has 1 unspecified atom stereocenters. The average molecular weight is 346 g/mol. The molecule has 3 rings (SSSR count). The number of carbonyl (C=O) groups excluding carboxylic acids is 2. The van der Waals surface area contributed by atoms with Gasteiger partial charge in [-0.1, -0.05) is 6.42 Å². The van der Waals surface area contributed by atoms with Crippen LogP contribution in [0.2, 0.25) is 0 Å². The molecule has 0 aromatic carbocycles.